The Kier molecular flexibility index (Phi) is 7.18. The highest BCUT2D eigenvalue weighted by atomic mass is 16.5. The molecule has 2 heterocycles. The van der Waals surface area contributed by atoms with Crippen molar-refractivity contribution in [2.24, 2.45) is 5.92 Å². The molecule has 3 nitrogen and oxygen atoms in total. The van der Waals surface area contributed by atoms with Crippen LogP contribution in [0.4, 0.5) is 0 Å². The molecule has 0 radical (unpaired) electrons. The van der Waals surface area contributed by atoms with Gasteiger partial charge < -0.3 is 15.0 Å². The molecule has 2 unspecified atom stereocenters. The fraction of sp³-hybridized carbons (Fsp3) is 1.00. The summed E-state index contributed by atoms with van der Waals surface area (Å²) >= 11 is 0. The number of hydrogen-bond acceptors (Lipinski definition) is 3. The molecular weight excluding hydrogens is 236 g/mol. The van der Waals surface area contributed by atoms with Gasteiger partial charge in [0, 0.05) is 25.1 Å². The molecule has 0 saturated carbocycles. The molecule has 2 rings (SSSR count). The van der Waals surface area contributed by atoms with Crippen molar-refractivity contribution in [3.8, 4) is 0 Å². The van der Waals surface area contributed by atoms with Crippen LogP contribution < -0.4 is 5.32 Å². The third kappa shape index (κ3) is 5.41. The lowest BCUT2D eigenvalue weighted by Crippen LogP contribution is -2.47. The van der Waals surface area contributed by atoms with Crippen LogP contribution in [0.5, 0.6) is 0 Å². The predicted octanol–water partition coefficient (Wildman–Crippen LogP) is 2.66. The third-order valence-electron chi connectivity index (χ3n) is 4.59. The largest absolute Gasteiger partial charge is 0.381 e. The van der Waals surface area contributed by atoms with Gasteiger partial charge in [0.2, 0.25) is 0 Å². The van der Waals surface area contributed by atoms with E-state index >= 15 is 0 Å². The van der Waals surface area contributed by atoms with E-state index in [1.54, 1.807) is 0 Å². The van der Waals surface area contributed by atoms with Gasteiger partial charge in [-0.3, -0.25) is 0 Å². The summed E-state index contributed by atoms with van der Waals surface area (Å²) in [5, 5.41) is 3.77. The zero-order valence-electron chi connectivity index (χ0n) is 12.7. The molecule has 0 spiro atoms. The molecule has 2 aliphatic heterocycles. The molecule has 112 valence electrons. The SMILES string of the molecule is CCCNC(CN1CCCCCCC1)C1CCOC1. The quantitative estimate of drug-likeness (QED) is 0.801. The lowest BCUT2D eigenvalue weighted by molar-refractivity contribution is 0.156. The monoisotopic (exact) mass is 268 g/mol. The zero-order chi connectivity index (χ0) is 13.3. The molecule has 0 aromatic rings. The molecule has 0 aromatic heterocycles. The smallest absolute Gasteiger partial charge is 0.0510 e. The van der Waals surface area contributed by atoms with E-state index in [0.717, 1.165) is 25.7 Å². The van der Waals surface area contributed by atoms with Crippen LogP contribution >= 0.6 is 0 Å². The Hall–Kier alpha value is -0.120. The molecule has 2 fully saturated rings. The molecule has 3 heteroatoms. The highest BCUT2D eigenvalue weighted by Crippen LogP contribution is 2.19. The van der Waals surface area contributed by atoms with Crippen molar-refractivity contribution >= 4 is 0 Å². The van der Waals surface area contributed by atoms with E-state index in [-0.39, 0.29) is 0 Å². The first-order valence-electron chi connectivity index (χ1n) is 8.43. The summed E-state index contributed by atoms with van der Waals surface area (Å²) in [7, 11) is 0. The molecule has 0 aromatic carbocycles. The predicted molar refractivity (Wildman–Crippen MR) is 80.5 cm³/mol. The standard InChI is InChI=1S/C16H32N2O/c1-2-9-17-16(15-8-12-19-14-15)13-18-10-6-4-3-5-7-11-18/h15-17H,2-14H2,1H3. The number of likely N-dealkylation sites (tertiary alicyclic amines) is 1. The first kappa shape index (κ1) is 15.3. The lowest BCUT2D eigenvalue weighted by atomic mass is 9.97. The van der Waals surface area contributed by atoms with Crippen LogP contribution in [0.1, 0.15) is 51.9 Å². The van der Waals surface area contributed by atoms with Gasteiger partial charge in [-0.25, -0.2) is 0 Å². The van der Waals surface area contributed by atoms with Crippen molar-refractivity contribution in [1.29, 1.82) is 0 Å². The summed E-state index contributed by atoms with van der Waals surface area (Å²) in [6.07, 6.45) is 9.55. The highest BCUT2D eigenvalue weighted by Gasteiger charge is 2.26. The molecule has 19 heavy (non-hydrogen) atoms. The topological polar surface area (TPSA) is 24.5 Å². The molecule has 0 aliphatic carbocycles. The molecule has 2 aliphatic rings. The van der Waals surface area contributed by atoms with Crippen molar-refractivity contribution in [2.45, 2.75) is 57.9 Å². The Labute approximate surface area is 119 Å². The zero-order valence-corrected chi connectivity index (χ0v) is 12.7. The number of hydrogen-bond donors (Lipinski definition) is 1. The molecule has 2 saturated heterocycles. The van der Waals surface area contributed by atoms with Crippen LogP contribution in [0.2, 0.25) is 0 Å². The second-order valence-corrected chi connectivity index (χ2v) is 6.25. The second-order valence-electron chi connectivity index (χ2n) is 6.25. The first-order chi connectivity index (χ1) is 9.40. The van der Waals surface area contributed by atoms with E-state index in [1.165, 1.54) is 64.6 Å². The van der Waals surface area contributed by atoms with Gasteiger partial charge in [0.05, 0.1) is 6.61 Å². The van der Waals surface area contributed by atoms with Crippen LogP contribution in [-0.2, 0) is 4.74 Å². The van der Waals surface area contributed by atoms with Crippen molar-refractivity contribution in [2.75, 3.05) is 39.4 Å². The fourth-order valence-corrected chi connectivity index (χ4v) is 3.35. The van der Waals surface area contributed by atoms with Crippen molar-refractivity contribution in [3.05, 3.63) is 0 Å². The number of rotatable bonds is 6. The Morgan fingerprint density at radius 2 is 1.89 bits per heavy atom. The summed E-state index contributed by atoms with van der Waals surface area (Å²) in [5.41, 5.74) is 0. The van der Waals surface area contributed by atoms with Gasteiger partial charge in [0.1, 0.15) is 0 Å². The van der Waals surface area contributed by atoms with Gasteiger partial charge in [-0.05, 0) is 45.3 Å². The average Bonchev–Trinajstić information content (AvgIpc) is 2.90. The molecule has 0 amide bonds. The van der Waals surface area contributed by atoms with Gasteiger partial charge in [0.15, 0.2) is 0 Å². The number of nitrogens with zero attached hydrogens (tertiary/aromatic N) is 1. The minimum absolute atomic E-state index is 0.641. The minimum Gasteiger partial charge on any atom is -0.381 e. The van der Waals surface area contributed by atoms with Gasteiger partial charge in [-0.1, -0.05) is 26.2 Å². The van der Waals surface area contributed by atoms with E-state index in [1.807, 2.05) is 0 Å². The first-order valence-corrected chi connectivity index (χ1v) is 8.43. The maximum absolute atomic E-state index is 5.59. The van der Waals surface area contributed by atoms with Gasteiger partial charge in [-0.15, -0.1) is 0 Å². The van der Waals surface area contributed by atoms with E-state index in [4.69, 9.17) is 4.74 Å². The van der Waals surface area contributed by atoms with E-state index in [2.05, 4.69) is 17.1 Å². The summed E-state index contributed by atoms with van der Waals surface area (Å²) < 4.78 is 5.59. The van der Waals surface area contributed by atoms with Crippen LogP contribution in [-0.4, -0.2) is 50.3 Å². The maximum Gasteiger partial charge on any atom is 0.0510 e. The molecule has 0 bridgehead atoms. The Morgan fingerprint density at radius 3 is 2.53 bits per heavy atom. The van der Waals surface area contributed by atoms with Crippen molar-refractivity contribution in [3.63, 3.8) is 0 Å². The Bertz CT molecular complexity index is 221. The second kappa shape index (κ2) is 8.93. The van der Waals surface area contributed by atoms with Crippen molar-refractivity contribution in [1.82, 2.24) is 10.2 Å². The fourth-order valence-electron chi connectivity index (χ4n) is 3.35. The molecule has 2 atom stereocenters. The summed E-state index contributed by atoms with van der Waals surface area (Å²) in [4.78, 5) is 2.70. The van der Waals surface area contributed by atoms with Gasteiger partial charge in [0.25, 0.3) is 0 Å². The van der Waals surface area contributed by atoms with Crippen LogP contribution in [0.15, 0.2) is 0 Å². The maximum atomic E-state index is 5.59. The van der Waals surface area contributed by atoms with Gasteiger partial charge in [-0.2, -0.15) is 0 Å². The number of ether oxygens (including phenoxy) is 1. The Morgan fingerprint density at radius 1 is 1.16 bits per heavy atom. The lowest BCUT2D eigenvalue weighted by Gasteiger charge is -2.32. The summed E-state index contributed by atoms with van der Waals surface area (Å²) in [6.45, 7) is 9.17. The van der Waals surface area contributed by atoms with Gasteiger partial charge >= 0.3 is 0 Å². The minimum atomic E-state index is 0.641. The van der Waals surface area contributed by atoms with Crippen LogP contribution in [0.25, 0.3) is 0 Å². The Balaban J connectivity index is 1.81. The summed E-state index contributed by atoms with van der Waals surface area (Å²) in [6, 6.07) is 0.641. The molecular formula is C16H32N2O. The molecule has 1 N–H and O–H groups in total. The van der Waals surface area contributed by atoms with E-state index in [0.29, 0.717) is 6.04 Å². The van der Waals surface area contributed by atoms with Crippen molar-refractivity contribution < 1.29 is 4.74 Å². The average molecular weight is 268 g/mol. The van der Waals surface area contributed by atoms with E-state index < -0.39 is 0 Å². The van der Waals surface area contributed by atoms with Crippen LogP contribution in [0, 0.1) is 5.92 Å². The number of nitrogens with one attached hydrogen (secondary N) is 1. The van der Waals surface area contributed by atoms with E-state index in [9.17, 15) is 0 Å². The summed E-state index contributed by atoms with van der Waals surface area (Å²) in [5.74, 6) is 0.733. The third-order valence-corrected chi connectivity index (χ3v) is 4.59. The normalized spacial score (nSPS) is 27.9. The van der Waals surface area contributed by atoms with Crippen LogP contribution in [0.3, 0.4) is 0 Å². The highest BCUT2D eigenvalue weighted by molar-refractivity contribution is 4.82.